The number of nitrogens with one attached hydrogen (secondary N) is 1. The number of nitrogens with zero attached hydrogens (tertiary/aromatic N) is 2. The SMILES string of the molecule is C=C1CC[C@]23OC(C)(C)O[C@@H]2[C@@H](c2ncc4cc[nH]c4n2)O[C@H]13. The Kier molecular flexibility index (Phi) is 2.49. The number of hydrogen-bond acceptors (Lipinski definition) is 5. The van der Waals surface area contributed by atoms with Gasteiger partial charge < -0.3 is 19.2 Å². The highest BCUT2D eigenvalue weighted by Gasteiger charge is 2.69. The second-order valence-corrected chi connectivity index (χ2v) is 7.10. The van der Waals surface area contributed by atoms with E-state index in [9.17, 15) is 0 Å². The fourth-order valence-corrected chi connectivity index (χ4v) is 4.24. The highest BCUT2D eigenvalue weighted by Crippen LogP contribution is 2.58. The summed E-state index contributed by atoms with van der Waals surface area (Å²) in [5.74, 6) is -0.000592. The van der Waals surface area contributed by atoms with Crippen LogP contribution in [0.1, 0.15) is 38.6 Å². The normalized spacial score (nSPS) is 38.2. The van der Waals surface area contributed by atoms with E-state index in [0.29, 0.717) is 5.82 Å². The minimum atomic E-state index is -0.633. The smallest absolute Gasteiger partial charge is 0.164 e. The molecule has 1 N–H and O–H groups in total. The largest absolute Gasteiger partial charge is 0.357 e. The van der Waals surface area contributed by atoms with Crippen LogP contribution in [-0.4, -0.2) is 38.5 Å². The zero-order valence-corrected chi connectivity index (χ0v) is 13.2. The third-order valence-electron chi connectivity index (χ3n) is 5.11. The lowest BCUT2D eigenvalue weighted by Gasteiger charge is -2.27. The maximum absolute atomic E-state index is 6.31. The van der Waals surface area contributed by atoms with Crippen molar-refractivity contribution in [3.05, 3.63) is 36.4 Å². The summed E-state index contributed by atoms with van der Waals surface area (Å²) in [6, 6.07) is 1.95. The molecule has 3 fully saturated rings. The van der Waals surface area contributed by atoms with Crippen LogP contribution in [0.3, 0.4) is 0 Å². The first-order valence-electron chi connectivity index (χ1n) is 8.00. The Morgan fingerprint density at radius 1 is 1.39 bits per heavy atom. The number of aromatic nitrogens is 3. The van der Waals surface area contributed by atoms with Gasteiger partial charge in [-0.25, -0.2) is 9.97 Å². The Bertz CT molecular complexity index is 814. The quantitative estimate of drug-likeness (QED) is 0.820. The van der Waals surface area contributed by atoms with Gasteiger partial charge in [0.2, 0.25) is 0 Å². The Labute approximate surface area is 133 Å². The van der Waals surface area contributed by atoms with Gasteiger partial charge >= 0.3 is 0 Å². The lowest BCUT2D eigenvalue weighted by Crippen LogP contribution is -2.42. The molecular formula is C17H19N3O3. The van der Waals surface area contributed by atoms with Gasteiger partial charge in [-0.15, -0.1) is 0 Å². The van der Waals surface area contributed by atoms with Crippen LogP contribution in [0.2, 0.25) is 0 Å². The summed E-state index contributed by atoms with van der Waals surface area (Å²) >= 11 is 0. The van der Waals surface area contributed by atoms with Crippen LogP contribution in [0.15, 0.2) is 30.6 Å². The molecule has 1 saturated carbocycles. The third-order valence-corrected chi connectivity index (χ3v) is 5.11. The maximum atomic E-state index is 6.31. The van der Waals surface area contributed by atoms with Gasteiger partial charge in [-0.05, 0) is 38.3 Å². The Morgan fingerprint density at radius 3 is 3.13 bits per heavy atom. The molecule has 4 atom stereocenters. The number of rotatable bonds is 1. The summed E-state index contributed by atoms with van der Waals surface area (Å²) in [7, 11) is 0. The molecule has 3 aliphatic rings. The number of aromatic amines is 1. The Morgan fingerprint density at radius 2 is 2.26 bits per heavy atom. The zero-order chi connectivity index (χ0) is 15.8. The van der Waals surface area contributed by atoms with E-state index in [-0.39, 0.29) is 18.3 Å². The highest BCUT2D eigenvalue weighted by molar-refractivity contribution is 5.73. The second kappa shape index (κ2) is 4.20. The molecule has 0 bridgehead atoms. The van der Waals surface area contributed by atoms with Crippen LogP contribution in [0.4, 0.5) is 0 Å². The van der Waals surface area contributed by atoms with E-state index in [1.165, 1.54) is 0 Å². The first-order chi connectivity index (χ1) is 11.0. The summed E-state index contributed by atoms with van der Waals surface area (Å²) < 4.78 is 18.8. The first-order valence-corrected chi connectivity index (χ1v) is 8.00. The fraction of sp³-hybridized carbons (Fsp3) is 0.529. The van der Waals surface area contributed by atoms with Crippen LogP contribution >= 0.6 is 0 Å². The standard InChI is InChI=1S/C17H19N3O3/c1-9-4-6-17-12(9)21-11(13(17)22-16(2,3)23-17)15-19-8-10-5-7-18-14(10)20-15/h5,7-8,11-13H,1,4,6H2,2-3H3,(H,18,19,20)/t11-,12+,13+,17+/m0/s1. The van der Waals surface area contributed by atoms with Crippen molar-refractivity contribution in [1.29, 1.82) is 0 Å². The van der Waals surface area contributed by atoms with Crippen LogP contribution in [-0.2, 0) is 14.2 Å². The maximum Gasteiger partial charge on any atom is 0.164 e. The van der Waals surface area contributed by atoms with Gasteiger partial charge in [-0.1, -0.05) is 6.58 Å². The molecular weight excluding hydrogens is 294 g/mol. The van der Waals surface area contributed by atoms with Crippen molar-refractivity contribution >= 4 is 11.0 Å². The lowest BCUT2D eigenvalue weighted by molar-refractivity contribution is -0.198. The van der Waals surface area contributed by atoms with Gasteiger partial charge in [0.05, 0.1) is 0 Å². The summed E-state index contributed by atoms with van der Waals surface area (Å²) in [6.45, 7) is 8.06. The van der Waals surface area contributed by atoms with Crippen LogP contribution in [0, 0.1) is 0 Å². The topological polar surface area (TPSA) is 69.3 Å². The highest BCUT2D eigenvalue weighted by atomic mass is 16.8. The molecule has 2 aromatic rings. The minimum absolute atomic E-state index is 0.151. The molecule has 23 heavy (non-hydrogen) atoms. The second-order valence-electron chi connectivity index (χ2n) is 7.10. The van der Waals surface area contributed by atoms with E-state index in [4.69, 9.17) is 14.2 Å². The predicted molar refractivity (Wildman–Crippen MR) is 82.6 cm³/mol. The molecule has 0 amide bonds. The van der Waals surface area contributed by atoms with Crippen LogP contribution in [0.25, 0.3) is 11.0 Å². The van der Waals surface area contributed by atoms with E-state index in [1.54, 1.807) is 0 Å². The molecule has 0 radical (unpaired) electrons. The molecule has 0 aromatic carbocycles. The van der Waals surface area contributed by atoms with Gasteiger partial charge in [0.1, 0.15) is 29.6 Å². The number of fused-ring (bicyclic) bond motifs is 1. The summed E-state index contributed by atoms with van der Waals surface area (Å²) in [6.07, 6.45) is 4.74. The average Bonchev–Trinajstić information content (AvgIpc) is 3.19. The molecule has 4 heterocycles. The molecule has 5 rings (SSSR count). The van der Waals surface area contributed by atoms with Crippen molar-refractivity contribution in [2.45, 2.75) is 56.4 Å². The summed E-state index contributed by atoms with van der Waals surface area (Å²) in [5.41, 5.74) is 1.42. The molecule has 0 unspecified atom stereocenters. The van der Waals surface area contributed by atoms with E-state index in [1.807, 2.05) is 32.3 Å². The number of H-pyrrole nitrogens is 1. The van der Waals surface area contributed by atoms with Crippen LogP contribution in [0.5, 0.6) is 0 Å². The summed E-state index contributed by atoms with van der Waals surface area (Å²) in [5, 5.41) is 0.981. The number of ether oxygens (including phenoxy) is 3. The van der Waals surface area contributed by atoms with Gasteiger partial charge in [0, 0.05) is 17.8 Å². The lowest BCUT2D eigenvalue weighted by atomic mass is 9.92. The predicted octanol–water partition coefficient (Wildman–Crippen LogP) is 2.64. The zero-order valence-electron chi connectivity index (χ0n) is 13.2. The van der Waals surface area contributed by atoms with Crippen molar-refractivity contribution in [3.8, 4) is 0 Å². The monoisotopic (exact) mass is 313 g/mol. The Hall–Kier alpha value is -1.76. The van der Waals surface area contributed by atoms with Gasteiger partial charge in [-0.3, -0.25) is 0 Å². The molecule has 120 valence electrons. The van der Waals surface area contributed by atoms with Crippen molar-refractivity contribution in [2.75, 3.05) is 0 Å². The Balaban J connectivity index is 1.60. The van der Waals surface area contributed by atoms with E-state index >= 15 is 0 Å². The minimum Gasteiger partial charge on any atom is -0.357 e. The van der Waals surface area contributed by atoms with E-state index in [2.05, 4.69) is 21.5 Å². The van der Waals surface area contributed by atoms with E-state index in [0.717, 1.165) is 29.4 Å². The van der Waals surface area contributed by atoms with Crippen molar-refractivity contribution in [1.82, 2.24) is 15.0 Å². The van der Waals surface area contributed by atoms with Gasteiger partial charge in [-0.2, -0.15) is 0 Å². The van der Waals surface area contributed by atoms with Crippen molar-refractivity contribution in [2.24, 2.45) is 0 Å². The van der Waals surface area contributed by atoms with Crippen LogP contribution < -0.4 is 0 Å². The molecule has 6 heteroatoms. The molecule has 2 aromatic heterocycles. The molecule has 2 saturated heterocycles. The average molecular weight is 313 g/mol. The first kappa shape index (κ1) is 13.7. The molecule has 1 aliphatic carbocycles. The summed E-state index contributed by atoms with van der Waals surface area (Å²) in [4.78, 5) is 12.2. The van der Waals surface area contributed by atoms with Crippen molar-refractivity contribution in [3.63, 3.8) is 0 Å². The molecule has 2 aliphatic heterocycles. The van der Waals surface area contributed by atoms with E-state index < -0.39 is 11.4 Å². The van der Waals surface area contributed by atoms with Crippen molar-refractivity contribution < 1.29 is 14.2 Å². The number of hydrogen-bond donors (Lipinski definition) is 1. The fourth-order valence-electron chi connectivity index (χ4n) is 4.24. The van der Waals surface area contributed by atoms with Gasteiger partial charge in [0.15, 0.2) is 11.6 Å². The molecule has 1 spiro atoms. The molecule has 6 nitrogen and oxygen atoms in total. The third kappa shape index (κ3) is 1.74. The van der Waals surface area contributed by atoms with Gasteiger partial charge in [0.25, 0.3) is 0 Å².